The highest BCUT2D eigenvalue weighted by atomic mass is 35.5. The molecule has 0 unspecified atom stereocenters. The van der Waals surface area contributed by atoms with Gasteiger partial charge in [0.2, 0.25) is 0 Å². The van der Waals surface area contributed by atoms with Crippen LogP contribution < -0.4 is 0 Å². The zero-order valence-electron chi connectivity index (χ0n) is 9.61. The Kier molecular flexibility index (Phi) is 5.25. The zero-order valence-corrected chi connectivity index (χ0v) is 11.1. The van der Waals surface area contributed by atoms with Crippen LogP contribution in [0, 0.1) is 0 Å². The second kappa shape index (κ2) is 6.24. The molecule has 0 saturated heterocycles. The van der Waals surface area contributed by atoms with Gasteiger partial charge in [0, 0.05) is 6.42 Å². The van der Waals surface area contributed by atoms with Crippen molar-refractivity contribution >= 4 is 29.2 Å². The SMILES string of the molecule is CC(C)O[C@H](Cc1cccc(Cl)c1Cl)C(=O)O. The fourth-order valence-corrected chi connectivity index (χ4v) is 1.83. The fourth-order valence-electron chi connectivity index (χ4n) is 1.43. The lowest BCUT2D eigenvalue weighted by molar-refractivity contribution is -0.153. The first kappa shape index (κ1) is 14.3. The number of carboxylic acid groups (broad SMARTS) is 1. The van der Waals surface area contributed by atoms with Gasteiger partial charge in [0.1, 0.15) is 0 Å². The summed E-state index contributed by atoms with van der Waals surface area (Å²) in [7, 11) is 0. The summed E-state index contributed by atoms with van der Waals surface area (Å²) in [6, 6.07) is 5.14. The van der Waals surface area contributed by atoms with Crippen LogP contribution in [0.3, 0.4) is 0 Å². The number of hydrogen-bond acceptors (Lipinski definition) is 2. The molecule has 0 fully saturated rings. The first-order valence-electron chi connectivity index (χ1n) is 5.23. The summed E-state index contributed by atoms with van der Waals surface area (Å²) in [5.41, 5.74) is 0.673. The Labute approximate surface area is 110 Å². The Bertz CT molecular complexity index is 405. The van der Waals surface area contributed by atoms with E-state index in [9.17, 15) is 4.79 Å². The molecule has 0 aliphatic carbocycles. The second-order valence-corrected chi connectivity index (χ2v) is 4.71. The lowest BCUT2D eigenvalue weighted by Gasteiger charge is -2.17. The summed E-state index contributed by atoms with van der Waals surface area (Å²) >= 11 is 11.9. The first-order valence-corrected chi connectivity index (χ1v) is 5.98. The number of carboxylic acids is 1. The minimum atomic E-state index is -1.00. The molecule has 0 aromatic heterocycles. The van der Waals surface area contributed by atoms with Gasteiger partial charge in [0.25, 0.3) is 0 Å². The van der Waals surface area contributed by atoms with Gasteiger partial charge in [-0.15, -0.1) is 0 Å². The van der Waals surface area contributed by atoms with E-state index < -0.39 is 12.1 Å². The summed E-state index contributed by atoms with van der Waals surface area (Å²) in [4.78, 5) is 11.0. The molecule has 0 spiro atoms. The third-order valence-electron chi connectivity index (χ3n) is 2.15. The van der Waals surface area contributed by atoms with Crippen LogP contribution in [0.1, 0.15) is 19.4 Å². The maximum Gasteiger partial charge on any atom is 0.333 e. The van der Waals surface area contributed by atoms with Crippen molar-refractivity contribution < 1.29 is 14.6 Å². The molecule has 1 aromatic rings. The summed E-state index contributed by atoms with van der Waals surface area (Å²) in [5.74, 6) is -1.00. The number of ether oxygens (including phenoxy) is 1. The van der Waals surface area contributed by atoms with Gasteiger partial charge in [-0.25, -0.2) is 4.79 Å². The third kappa shape index (κ3) is 4.19. The summed E-state index contributed by atoms with van der Waals surface area (Å²) in [6.07, 6.45) is -0.868. The van der Waals surface area contributed by atoms with Gasteiger partial charge in [-0.3, -0.25) is 0 Å². The molecule has 0 bridgehead atoms. The molecule has 0 amide bonds. The van der Waals surface area contributed by atoms with Crippen molar-refractivity contribution in [1.29, 1.82) is 0 Å². The van der Waals surface area contributed by atoms with Crippen LogP contribution in [0.2, 0.25) is 10.0 Å². The van der Waals surface area contributed by atoms with Crippen LogP contribution in [-0.2, 0) is 16.0 Å². The van der Waals surface area contributed by atoms with Crippen molar-refractivity contribution in [2.45, 2.75) is 32.5 Å². The van der Waals surface area contributed by atoms with Crippen LogP contribution in [0.5, 0.6) is 0 Å². The number of aliphatic carboxylic acids is 1. The number of hydrogen-bond donors (Lipinski definition) is 1. The van der Waals surface area contributed by atoms with Crippen molar-refractivity contribution in [3.05, 3.63) is 33.8 Å². The molecule has 94 valence electrons. The van der Waals surface area contributed by atoms with E-state index in [1.165, 1.54) is 0 Å². The van der Waals surface area contributed by atoms with Crippen molar-refractivity contribution in [2.24, 2.45) is 0 Å². The van der Waals surface area contributed by atoms with Crippen molar-refractivity contribution in [2.75, 3.05) is 0 Å². The Hall–Kier alpha value is -0.770. The highest BCUT2D eigenvalue weighted by Crippen LogP contribution is 2.27. The topological polar surface area (TPSA) is 46.5 Å². The van der Waals surface area contributed by atoms with Crippen molar-refractivity contribution in [1.82, 2.24) is 0 Å². The molecule has 0 saturated carbocycles. The van der Waals surface area contributed by atoms with E-state index in [4.69, 9.17) is 33.0 Å². The lowest BCUT2D eigenvalue weighted by Crippen LogP contribution is -2.29. The van der Waals surface area contributed by atoms with Crippen LogP contribution in [0.25, 0.3) is 0 Å². The normalized spacial score (nSPS) is 12.8. The van der Waals surface area contributed by atoms with Gasteiger partial charge in [0.15, 0.2) is 6.10 Å². The molecule has 1 N–H and O–H groups in total. The van der Waals surface area contributed by atoms with E-state index >= 15 is 0 Å². The molecule has 1 aromatic carbocycles. The van der Waals surface area contributed by atoms with E-state index in [0.717, 1.165) is 0 Å². The van der Waals surface area contributed by atoms with Gasteiger partial charge in [0.05, 0.1) is 16.1 Å². The maximum atomic E-state index is 11.0. The molecule has 17 heavy (non-hydrogen) atoms. The molecule has 0 heterocycles. The monoisotopic (exact) mass is 276 g/mol. The third-order valence-corrected chi connectivity index (χ3v) is 3.01. The van der Waals surface area contributed by atoms with Gasteiger partial charge >= 0.3 is 5.97 Å². The molecule has 3 nitrogen and oxygen atoms in total. The van der Waals surface area contributed by atoms with Gasteiger partial charge in [-0.05, 0) is 25.5 Å². The Morgan fingerprint density at radius 3 is 2.59 bits per heavy atom. The highest BCUT2D eigenvalue weighted by Gasteiger charge is 2.21. The molecule has 1 atom stereocenters. The van der Waals surface area contributed by atoms with Crippen LogP contribution in [-0.4, -0.2) is 23.3 Å². The van der Waals surface area contributed by atoms with E-state index in [1.54, 1.807) is 32.0 Å². The standard InChI is InChI=1S/C12H14Cl2O3/c1-7(2)17-10(12(15)16)6-8-4-3-5-9(13)11(8)14/h3-5,7,10H,6H2,1-2H3,(H,15,16)/t10-/m1/s1. The molecule has 0 aliphatic heterocycles. The Morgan fingerprint density at radius 2 is 2.06 bits per heavy atom. The summed E-state index contributed by atoms with van der Waals surface area (Å²) in [5, 5.41) is 9.84. The van der Waals surface area contributed by atoms with Crippen molar-refractivity contribution in [3.63, 3.8) is 0 Å². The van der Waals surface area contributed by atoms with E-state index in [1.807, 2.05) is 0 Å². The molecular weight excluding hydrogens is 263 g/mol. The van der Waals surface area contributed by atoms with E-state index in [0.29, 0.717) is 15.6 Å². The second-order valence-electron chi connectivity index (χ2n) is 3.93. The minimum absolute atomic E-state index is 0.158. The van der Waals surface area contributed by atoms with E-state index in [2.05, 4.69) is 0 Å². The average Bonchev–Trinajstić information content (AvgIpc) is 2.22. The smallest absolute Gasteiger partial charge is 0.333 e. The van der Waals surface area contributed by atoms with Gasteiger partial charge in [-0.2, -0.15) is 0 Å². The molecule has 1 rings (SSSR count). The van der Waals surface area contributed by atoms with E-state index in [-0.39, 0.29) is 12.5 Å². The summed E-state index contributed by atoms with van der Waals surface area (Å²) < 4.78 is 5.31. The highest BCUT2D eigenvalue weighted by molar-refractivity contribution is 6.42. The maximum absolute atomic E-state index is 11.0. The average molecular weight is 277 g/mol. The van der Waals surface area contributed by atoms with Crippen LogP contribution in [0.4, 0.5) is 0 Å². The number of rotatable bonds is 5. The number of carbonyl (C=O) groups is 1. The Balaban J connectivity index is 2.86. The largest absolute Gasteiger partial charge is 0.479 e. The van der Waals surface area contributed by atoms with Crippen LogP contribution in [0.15, 0.2) is 18.2 Å². The van der Waals surface area contributed by atoms with Crippen molar-refractivity contribution in [3.8, 4) is 0 Å². The predicted octanol–water partition coefficient (Wildman–Crippen LogP) is 3.41. The Morgan fingerprint density at radius 1 is 1.41 bits per heavy atom. The zero-order chi connectivity index (χ0) is 13.0. The molecule has 0 aliphatic rings. The van der Waals surface area contributed by atoms with Crippen LogP contribution >= 0.6 is 23.2 Å². The van der Waals surface area contributed by atoms with Gasteiger partial charge < -0.3 is 9.84 Å². The molecule has 5 heteroatoms. The number of halogens is 2. The molecular formula is C12H14Cl2O3. The molecule has 0 radical (unpaired) electrons. The minimum Gasteiger partial charge on any atom is -0.479 e. The predicted molar refractivity (Wildman–Crippen MR) is 67.8 cm³/mol. The quantitative estimate of drug-likeness (QED) is 0.897. The summed E-state index contributed by atoms with van der Waals surface area (Å²) in [6.45, 7) is 3.57. The van der Waals surface area contributed by atoms with Gasteiger partial charge in [-0.1, -0.05) is 35.3 Å². The first-order chi connectivity index (χ1) is 7.91. The fraction of sp³-hybridized carbons (Fsp3) is 0.417. The number of benzene rings is 1. The lowest BCUT2D eigenvalue weighted by atomic mass is 10.1.